The number of halogens is 2. The monoisotopic (exact) mass is 611 g/mol. The van der Waals surface area contributed by atoms with Crippen molar-refractivity contribution in [3.63, 3.8) is 0 Å². The van der Waals surface area contributed by atoms with E-state index in [1.54, 1.807) is 31.6 Å². The van der Waals surface area contributed by atoms with Crippen molar-refractivity contribution in [2.75, 3.05) is 35.9 Å². The number of amides is 2. The summed E-state index contributed by atoms with van der Waals surface area (Å²) in [4.78, 5) is 52.6. The summed E-state index contributed by atoms with van der Waals surface area (Å²) in [5.41, 5.74) is -1.51. The van der Waals surface area contributed by atoms with Gasteiger partial charge in [0.1, 0.15) is 11.6 Å². The summed E-state index contributed by atoms with van der Waals surface area (Å²) < 4.78 is 5.35. The Morgan fingerprint density at radius 3 is 2.36 bits per heavy atom. The number of thioether (sulfide) groups is 2. The number of hydrogen-bond donors (Lipinski definition) is 3. The van der Waals surface area contributed by atoms with Crippen molar-refractivity contribution in [1.29, 1.82) is 0 Å². The Bertz CT molecular complexity index is 1200. The van der Waals surface area contributed by atoms with Crippen molar-refractivity contribution >= 4 is 76.3 Å². The lowest BCUT2D eigenvalue weighted by Crippen LogP contribution is -2.62. The quantitative estimate of drug-likeness (QED) is 0.159. The zero-order valence-electron chi connectivity index (χ0n) is 21.8. The number of carbonyl (C=O) groups excluding carboxylic acids is 4. The molecule has 3 N–H and O–H groups in total. The zero-order valence-corrected chi connectivity index (χ0v) is 24.9. The lowest BCUT2D eigenvalue weighted by Gasteiger charge is -2.31. The van der Waals surface area contributed by atoms with Gasteiger partial charge in [-0.05, 0) is 49.6 Å². The van der Waals surface area contributed by atoms with Crippen molar-refractivity contribution in [2.45, 2.75) is 36.6 Å². The van der Waals surface area contributed by atoms with E-state index in [9.17, 15) is 19.2 Å². The van der Waals surface area contributed by atoms with Crippen LogP contribution >= 0.6 is 46.7 Å². The Hall–Kier alpha value is -2.24. The summed E-state index contributed by atoms with van der Waals surface area (Å²) in [5, 5.41) is 9.11. The van der Waals surface area contributed by atoms with E-state index in [2.05, 4.69) is 16.0 Å². The number of anilines is 1. The van der Waals surface area contributed by atoms with Gasteiger partial charge in [-0.25, -0.2) is 0 Å². The van der Waals surface area contributed by atoms with Gasteiger partial charge in [0.05, 0.1) is 23.4 Å². The van der Waals surface area contributed by atoms with Crippen molar-refractivity contribution in [3.05, 3.63) is 64.1 Å². The van der Waals surface area contributed by atoms with Gasteiger partial charge in [0, 0.05) is 16.5 Å². The Morgan fingerprint density at radius 2 is 1.77 bits per heavy atom. The average Bonchev–Trinajstić information content (AvgIpc) is 3.68. The highest BCUT2D eigenvalue weighted by Gasteiger charge is 2.50. The molecule has 4 atom stereocenters. The summed E-state index contributed by atoms with van der Waals surface area (Å²) in [6, 6.07) is 12.1. The van der Waals surface area contributed by atoms with Crippen molar-refractivity contribution in [3.8, 4) is 0 Å². The van der Waals surface area contributed by atoms with Crippen LogP contribution in [0.2, 0.25) is 10.0 Å². The fourth-order valence-corrected chi connectivity index (χ4v) is 5.56. The third-order valence-corrected chi connectivity index (χ3v) is 8.21. The van der Waals surface area contributed by atoms with Crippen LogP contribution in [0.25, 0.3) is 0 Å². The van der Waals surface area contributed by atoms with E-state index >= 15 is 0 Å². The molecule has 1 saturated heterocycles. The SMILES string of the molecule is CSC[C@H](NC(=O)[C@](C=O)(CSC)Nc1cc(Cl)ccc1Cl)C(=O)N[C@@H](Cc1ccccc1)C(=O)C1(C)CO1. The number of carbonyl (C=O) groups is 4. The molecular weight excluding hydrogens is 581 g/mol. The van der Waals surface area contributed by atoms with Crippen molar-refractivity contribution in [2.24, 2.45) is 0 Å². The molecule has 8 nitrogen and oxygen atoms in total. The fourth-order valence-electron chi connectivity index (χ4n) is 3.92. The summed E-state index contributed by atoms with van der Waals surface area (Å²) in [6.45, 7) is 1.97. The number of aldehydes is 1. The predicted molar refractivity (Wildman–Crippen MR) is 159 cm³/mol. The van der Waals surface area contributed by atoms with Crippen molar-refractivity contribution < 1.29 is 23.9 Å². The molecule has 1 heterocycles. The third kappa shape index (κ3) is 8.14. The van der Waals surface area contributed by atoms with Gasteiger partial charge >= 0.3 is 0 Å². The van der Waals surface area contributed by atoms with Gasteiger partial charge in [-0.3, -0.25) is 14.4 Å². The van der Waals surface area contributed by atoms with Crippen LogP contribution in [0.5, 0.6) is 0 Å². The molecule has 0 radical (unpaired) electrons. The Kier molecular flexibility index (Phi) is 11.1. The van der Waals surface area contributed by atoms with E-state index in [1.165, 1.54) is 29.6 Å². The molecule has 1 fully saturated rings. The molecule has 3 rings (SSSR count). The molecule has 39 heavy (non-hydrogen) atoms. The second-order valence-corrected chi connectivity index (χ2v) is 12.0. The van der Waals surface area contributed by atoms with E-state index in [1.807, 2.05) is 30.3 Å². The van der Waals surface area contributed by atoms with Gasteiger partial charge < -0.3 is 25.5 Å². The van der Waals surface area contributed by atoms with Crippen LogP contribution in [-0.4, -0.2) is 77.7 Å². The second-order valence-electron chi connectivity index (χ2n) is 9.39. The van der Waals surface area contributed by atoms with Gasteiger partial charge in [-0.15, -0.1) is 0 Å². The molecule has 0 spiro atoms. The molecule has 1 unspecified atom stereocenters. The maximum Gasteiger partial charge on any atom is 0.254 e. The maximum atomic E-state index is 13.6. The normalized spacial score (nSPS) is 19.2. The maximum absolute atomic E-state index is 13.6. The molecule has 1 aliphatic heterocycles. The molecular formula is C27H31Cl2N3O5S2. The molecule has 1 aliphatic rings. The molecule has 0 aliphatic carbocycles. The number of benzene rings is 2. The lowest BCUT2D eigenvalue weighted by atomic mass is 9.94. The van der Waals surface area contributed by atoms with Gasteiger partial charge in [0.25, 0.3) is 5.91 Å². The van der Waals surface area contributed by atoms with Crippen LogP contribution < -0.4 is 16.0 Å². The second kappa shape index (κ2) is 13.9. The topological polar surface area (TPSA) is 117 Å². The van der Waals surface area contributed by atoms with Gasteiger partial charge in [0.2, 0.25) is 5.91 Å². The van der Waals surface area contributed by atoms with Crippen molar-refractivity contribution in [1.82, 2.24) is 10.6 Å². The number of Topliss-reactive ketones (excluding diaryl/α,β-unsaturated/α-hetero) is 1. The third-order valence-electron chi connectivity index (χ3n) is 6.23. The molecule has 0 saturated carbocycles. The van der Waals surface area contributed by atoms with Crippen LogP contribution in [0.3, 0.4) is 0 Å². The molecule has 0 aromatic heterocycles. The summed E-state index contributed by atoms with van der Waals surface area (Å²) in [7, 11) is 0. The number of nitrogens with one attached hydrogen (secondary N) is 3. The molecule has 0 bridgehead atoms. The van der Waals surface area contributed by atoms with Gasteiger partial charge in [-0.1, -0.05) is 53.5 Å². The number of hydrogen-bond acceptors (Lipinski definition) is 8. The van der Waals surface area contributed by atoms with Gasteiger partial charge in [0.15, 0.2) is 17.6 Å². The molecule has 12 heteroatoms. The Morgan fingerprint density at radius 1 is 1.08 bits per heavy atom. The van der Waals surface area contributed by atoms with Crippen LogP contribution in [0.15, 0.2) is 48.5 Å². The minimum absolute atomic E-state index is 0.0591. The van der Waals surface area contributed by atoms with Crippen LogP contribution in [-0.2, 0) is 30.3 Å². The van der Waals surface area contributed by atoms with Crippen LogP contribution in [0.4, 0.5) is 5.69 Å². The minimum Gasteiger partial charge on any atom is -0.364 e. The zero-order chi connectivity index (χ0) is 28.6. The largest absolute Gasteiger partial charge is 0.364 e. The molecule has 210 valence electrons. The highest BCUT2D eigenvalue weighted by Crippen LogP contribution is 2.30. The first-order valence-corrected chi connectivity index (χ1v) is 15.6. The first-order valence-electron chi connectivity index (χ1n) is 12.1. The summed E-state index contributed by atoms with van der Waals surface area (Å²) in [6.07, 6.45) is 4.30. The van der Waals surface area contributed by atoms with E-state index in [0.29, 0.717) is 17.0 Å². The first kappa shape index (κ1) is 31.3. The summed E-state index contributed by atoms with van der Waals surface area (Å²) >= 11 is 15.0. The van der Waals surface area contributed by atoms with E-state index in [-0.39, 0.29) is 35.3 Å². The lowest BCUT2D eigenvalue weighted by molar-refractivity contribution is -0.134. The number of ether oxygens (including phenoxy) is 1. The predicted octanol–water partition coefficient (Wildman–Crippen LogP) is 3.64. The first-order chi connectivity index (χ1) is 18.6. The summed E-state index contributed by atoms with van der Waals surface area (Å²) in [5.74, 6) is -1.22. The number of epoxide rings is 1. The Labute approximate surface area is 246 Å². The molecule has 2 aromatic carbocycles. The fraction of sp³-hybridized carbons (Fsp3) is 0.407. The number of rotatable bonds is 15. The molecule has 2 aromatic rings. The highest BCUT2D eigenvalue weighted by molar-refractivity contribution is 7.98. The van der Waals surface area contributed by atoms with Gasteiger partial charge in [-0.2, -0.15) is 23.5 Å². The minimum atomic E-state index is -1.74. The van der Waals surface area contributed by atoms with E-state index < -0.39 is 35.0 Å². The van der Waals surface area contributed by atoms with E-state index in [4.69, 9.17) is 27.9 Å². The number of ketones is 1. The van der Waals surface area contributed by atoms with E-state index in [0.717, 1.165) is 5.56 Å². The Balaban J connectivity index is 1.82. The van der Waals surface area contributed by atoms with Crippen LogP contribution in [0.1, 0.15) is 12.5 Å². The standard InChI is InChI=1S/C27H31Cl2N3O5S2/c1-26(15-37-26)23(34)21(11-17-7-5-4-6-8-17)30-24(35)22(13-38-2)31-25(36)27(14-33,16-39-3)32-20-12-18(28)9-10-19(20)29/h4-10,12,14,21-22,32H,11,13,15-16H2,1-3H3,(H,30,35)(H,31,36)/t21-,22-,26?,27-/m0/s1. The smallest absolute Gasteiger partial charge is 0.254 e. The average molecular weight is 613 g/mol. The van der Waals surface area contributed by atoms with Crippen LogP contribution in [0, 0.1) is 0 Å². The molecule has 2 amide bonds. The highest BCUT2D eigenvalue weighted by atomic mass is 35.5.